The fourth-order valence-electron chi connectivity index (χ4n) is 4.63. The normalized spacial score (nSPS) is 42.5. The van der Waals surface area contributed by atoms with Crippen molar-refractivity contribution in [3.05, 3.63) is 0 Å². The fourth-order valence-corrected chi connectivity index (χ4v) is 4.63. The van der Waals surface area contributed by atoms with Gasteiger partial charge >= 0.3 is 0 Å². The average molecular weight is 252 g/mol. The van der Waals surface area contributed by atoms with Gasteiger partial charge < -0.3 is 9.84 Å². The first kappa shape index (κ1) is 12.9. The lowest BCUT2D eigenvalue weighted by atomic mass is 9.60. The van der Waals surface area contributed by atoms with Crippen LogP contribution in [0.25, 0.3) is 0 Å². The molecule has 2 aliphatic carbocycles. The van der Waals surface area contributed by atoms with E-state index in [2.05, 4.69) is 13.8 Å². The van der Waals surface area contributed by atoms with Crippen molar-refractivity contribution >= 4 is 0 Å². The van der Waals surface area contributed by atoms with Crippen LogP contribution >= 0.6 is 0 Å². The quantitative estimate of drug-likeness (QED) is 0.771. The average Bonchev–Trinajstić information content (AvgIpc) is 2.25. The lowest BCUT2D eigenvalue weighted by molar-refractivity contribution is -0.187. The van der Waals surface area contributed by atoms with Crippen LogP contribution in [0.4, 0.5) is 0 Å². The monoisotopic (exact) mass is 252 g/mol. The van der Waals surface area contributed by atoms with E-state index < -0.39 is 5.60 Å². The maximum Gasteiger partial charge on any atom is 0.0686 e. The second-order valence-corrected chi connectivity index (χ2v) is 7.87. The zero-order valence-corrected chi connectivity index (χ0v) is 12.0. The van der Waals surface area contributed by atoms with Crippen LogP contribution in [0.3, 0.4) is 0 Å². The van der Waals surface area contributed by atoms with Crippen LogP contribution in [0.5, 0.6) is 0 Å². The van der Waals surface area contributed by atoms with Crippen LogP contribution in [0.2, 0.25) is 0 Å². The summed E-state index contributed by atoms with van der Waals surface area (Å²) in [6.07, 6.45) is 10.4. The molecule has 2 nitrogen and oxygen atoms in total. The Kier molecular flexibility index (Phi) is 3.02. The summed E-state index contributed by atoms with van der Waals surface area (Å²) in [5, 5.41) is 11.1. The molecular weight excluding hydrogens is 224 g/mol. The fraction of sp³-hybridized carbons (Fsp3) is 1.00. The number of rotatable bonds is 1. The summed E-state index contributed by atoms with van der Waals surface area (Å²) in [6, 6.07) is 0. The standard InChI is InChI=1S/C16H28O2/c1-14(2)6-3-9-16(17,12-14)13-5-10-18-15(11-13)7-4-8-15/h13,17H,3-12H2,1-2H3. The minimum absolute atomic E-state index is 0.167. The molecule has 2 unspecified atom stereocenters. The lowest BCUT2D eigenvalue weighted by Crippen LogP contribution is -2.53. The van der Waals surface area contributed by atoms with Crippen molar-refractivity contribution in [3.63, 3.8) is 0 Å². The smallest absolute Gasteiger partial charge is 0.0686 e. The highest BCUT2D eigenvalue weighted by Crippen LogP contribution is 2.52. The third kappa shape index (κ3) is 2.22. The van der Waals surface area contributed by atoms with Crippen molar-refractivity contribution in [1.29, 1.82) is 0 Å². The molecule has 2 saturated carbocycles. The van der Waals surface area contributed by atoms with E-state index in [-0.39, 0.29) is 5.60 Å². The van der Waals surface area contributed by atoms with Crippen molar-refractivity contribution in [1.82, 2.24) is 0 Å². The molecule has 2 atom stereocenters. The highest BCUT2D eigenvalue weighted by atomic mass is 16.5. The summed E-state index contributed by atoms with van der Waals surface area (Å²) in [6.45, 7) is 5.50. The van der Waals surface area contributed by atoms with E-state index in [9.17, 15) is 5.11 Å². The molecule has 3 aliphatic rings. The third-order valence-corrected chi connectivity index (χ3v) is 5.77. The molecule has 0 aromatic heterocycles. The highest BCUT2D eigenvalue weighted by molar-refractivity contribution is 5.02. The van der Waals surface area contributed by atoms with E-state index >= 15 is 0 Å². The Morgan fingerprint density at radius 1 is 1.06 bits per heavy atom. The Labute approximate surface area is 111 Å². The molecule has 0 amide bonds. The molecule has 0 bridgehead atoms. The molecule has 0 aromatic carbocycles. The van der Waals surface area contributed by atoms with Gasteiger partial charge in [0.1, 0.15) is 0 Å². The molecule has 1 N–H and O–H groups in total. The molecule has 18 heavy (non-hydrogen) atoms. The lowest BCUT2D eigenvalue weighted by Gasteiger charge is -2.53. The first-order valence-corrected chi connectivity index (χ1v) is 7.80. The molecule has 1 heterocycles. The number of aliphatic hydroxyl groups is 1. The van der Waals surface area contributed by atoms with Crippen LogP contribution in [0.15, 0.2) is 0 Å². The Morgan fingerprint density at radius 2 is 1.78 bits per heavy atom. The van der Waals surface area contributed by atoms with Gasteiger partial charge in [0.05, 0.1) is 11.2 Å². The first-order chi connectivity index (χ1) is 8.43. The first-order valence-electron chi connectivity index (χ1n) is 7.80. The molecule has 1 saturated heterocycles. The maximum absolute atomic E-state index is 11.1. The summed E-state index contributed by atoms with van der Waals surface area (Å²) >= 11 is 0. The van der Waals surface area contributed by atoms with Gasteiger partial charge in [-0.15, -0.1) is 0 Å². The van der Waals surface area contributed by atoms with Crippen molar-refractivity contribution in [2.24, 2.45) is 11.3 Å². The molecule has 2 heteroatoms. The minimum atomic E-state index is -0.409. The zero-order chi connectivity index (χ0) is 12.9. The maximum atomic E-state index is 11.1. The molecule has 0 radical (unpaired) electrons. The van der Waals surface area contributed by atoms with Gasteiger partial charge in [0.15, 0.2) is 0 Å². The van der Waals surface area contributed by atoms with Crippen LogP contribution in [0, 0.1) is 11.3 Å². The summed E-state index contributed by atoms with van der Waals surface area (Å²) in [4.78, 5) is 0. The van der Waals surface area contributed by atoms with Crippen molar-refractivity contribution < 1.29 is 9.84 Å². The SMILES string of the molecule is CC1(C)CCCC(O)(C2CCOC3(CCC3)C2)C1. The van der Waals surface area contributed by atoms with Gasteiger partial charge in [-0.25, -0.2) is 0 Å². The third-order valence-electron chi connectivity index (χ3n) is 5.77. The Bertz CT molecular complexity index is 319. The van der Waals surface area contributed by atoms with Gasteiger partial charge in [-0.3, -0.25) is 0 Å². The number of hydrogen-bond acceptors (Lipinski definition) is 2. The van der Waals surface area contributed by atoms with Crippen molar-refractivity contribution in [3.8, 4) is 0 Å². The summed E-state index contributed by atoms with van der Waals surface area (Å²) < 4.78 is 6.01. The highest BCUT2D eigenvalue weighted by Gasteiger charge is 2.50. The number of ether oxygens (including phenoxy) is 1. The van der Waals surface area contributed by atoms with Crippen molar-refractivity contribution in [2.45, 2.75) is 82.8 Å². The molecule has 104 valence electrons. The van der Waals surface area contributed by atoms with E-state index in [4.69, 9.17) is 4.74 Å². The minimum Gasteiger partial charge on any atom is -0.390 e. The second kappa shape index (κ2) is 4.21. The van der Waals surface area contributed by atoms with Gasteiger partial charge in [-0.1, -0.05) is 20.3 Å². The van der Waals surface area contributed by atoms with Gasteiger partial charge in [0.2, 0.25) is 0 Å². The second-order valence-electron chi connectivity index (χ2n) is 7.87. The van der Waals surface area contributed by atoms with E-state index in [0.717, 1.165) is 32.3 Å². The van der Waals surface area contributed by atoms with Crippen LogP contribution in [-0.2, 0) is 4.74 Å². The van der Waals surface area contributed by atoms with Gasteiger partial charge in [0, 0.05) is 6.61 Å². The molecule has 1 aliphatic heterocycles. The molecular formula is C16H28O2. The predicted molar refractivity (Wildman–Crippen MR) is 72.5 cm³/mol. The Morgan fingerprint density at radius 3 is 2.39 bits per heavy atom. The van der Waals surface area contributed by atoms with E-state index in [1.165, 1.54) is 32.1 Å². The van der Waals surface area contributed by atoms with E-state index in [1.807, 2.05) is 0 Å². The van der Waals surface area contributed by atoms with Crippen LogP contribution in [-0.4, -0.2) is 22.9 Å². The summed E-state index contributed by atoms with van der Waals surface area (Å²) in [5.41, 5.74) is 0.0758. The molecule has 3 rings (SSSR count). The molecule has 1 spiro atoms. The zero-order valence-electron chi connectivity index (χ0n) is 12.0. The Balaban J connectivity index is 1.72. The van der Waals surface area contributed by atoms with E-state index in [0.29, 0.717) is 11.3 Å². The predicted octanol–water partition coefficient (Wildman–Crippen LogP) is 3.67. The largest absolute Gasteiger partial charge is 0.390 e. The summed E-state index contributed by atoms with van der Waals surface area (Å²) in [7, 11) is 0. The van der Waals surface area contributed by atoms with Gasteiger partial charge in [-0.05, 0) is 62.7 Å². The van der Waals surface area contributed by atoms with E-state index in [1.54, 1.807) is 0 Å². The van der Waals surface area contributed by atoms with Crippen LogP contribution < -0.4 is 0 Å². The topological polar surface area (TPSA) is 29.5 Å². The molecule has 0 aromatic rings. The van der Waals surface area contributed by atoms with Crippen LogP contribution in [0.1, 0.15) is 71.6 Å². The summed E-state index contributed by atoms with van der Waals surface area (Å²) in [5.74, 6) is 0.478. The number of hydrogen-bond donors (Lipinski definition) is 1. The van der Waals surface area contributed by atoms with Crippen molar-refractivity contribution in [2.75, 3.05) is 6.61 Å². The molecule has 3 fully saturated rings. The van der Waals surface area contributed by atoms with Gasteiger partial charge in [-0.2, -0.15) is 0 Å². The Hall–Kier alpha value is -0.0800. The van der Waals surface area contributed by atoms with Gasteiger partial charge in [0.25, 0.3) is 0 Å².